The fraction of sp³-hybridized carbons (Fsp3) is 0.310. The standard InChI is InChI=1S/C29H33BrClN3O5S/c1-4-16-32-29(36)26(17-21-8-6-5-7-9-21)33(19-22-10-12-23(30)13-11-22)28(35)20-34(40(3,37)38)24-14-15-27(39-2)25(31)18-24/h5-15,18,26H,4,16-17,19-20H2,1-3H3,(H,32,36)/t26-/m0/s1. The van der Waals surface area contributed by atoms with Gasteiger partial charge in [-0.25, -0.2) is 8.42 Å². The molecule has 2 amide bonds. The summed E-state index contributed by atoms with van der Waals surface area (Å²) < 4.78 is 32.8. The number of benzene rings is 3. The van der Waals surface area contributed by atoms with Gasteiger partial charge in [0.05, 0.1) is 24.1 Å². The average Bonchev–Trinajstić information content (AvgIpc) is 2.93. The van der Waals surface area contributed by atoms with E-state index in [1.54, 1.807) is 0 Å². The highest BCUT2D eigenvalue weighted by Crippen LogP contribution is 2.30. The predicted molar refractivity (Wildman–Crippen MR) is 162 cm³/mol. The van der Waals surface area contributed by atoms with Crippen molar-refractivity contribution >= 4 is 55.1 Å². The smallest absolute Gasteiger partial charge is 0.244 e. The molecule has 0 aliphatic rings. The summed E-state index contributed by atoms with van der Waals surface area (Å²) in [6, 6.07) is 20.4. The molecule has 0 bridgehead atoms. The third-order valence-corrected chi connectivity index (χ3v) is 8.15. The lowest BCUT2D eigenvalue weighted by atomic mass is 10.0. The van der Waals surface area contributed by atoms with Gasteiger partial charge < -0.3 is 15.0 Å². The highest BCUT2D eigenvalue weighted by Gasteiger charge is 2.33. The normalized spacial score (nSPS) is 11.9. The molecule has 3 rings (SSSR count). The number of amides is 2. The number of halogens is 2. The minimum Gasteiger partial charge on any atom is -0.495 e. The molecule has 0 radical (unpaired) electrons. The molecule has 0 saturated heterocycles. The lowest BCUT2D eigenvalue weighted by Crippen LogP contribution is -2.53. The average molecular weight is 651 g/mol. The molecule has 3 aromatic carbocycles. The molecule has 8 nitrogen and oxygen atoms in total. The van der Waals surface area contributed by atoms with Crippen molar-refractivity contribution in [1.29, 1.82) is 0 Å². The Bertz CT molecular complexity index is 1400. The second-order valence-electron chi connectivity index (χ2n) is 9.23. The number of hydrogen-bond donors (Lipinski definition) is 1. The number of sulfonamides is 1. The molecule has 0 aliphatic heterocycles. The van der Waals surface area contributed by atoms with Crippen LogP contribution in [0.4, 0.5) is 5.69 Å². The monoisotopic (exact) mass is 649 g/mol. The quantitative estimate of drug-likeness (QED) is 0.280. The largest absolute Gasteiger partial charge is 0.495 e. The summed E-state index contributed by atoms with van der Waals surface area (Å²) in [7, 11) is -2.45. The summed E-state index contributed by atoms with van der Waals surface area (Å²) in [5.74, 6) is -0.472. The molecule has 0 spiro atoms. The molecule has 1 atom stereocenters. The third-order valence-electron chi connectivity index (χ3n) is 6.19. The Labute approximate surface area is 249 Å². The van der Waals surface area contributed by atoms with Crippen molar-refractivity contribution in [1.82, 2.24) is 10.2 Å². The van der Waals surface area contributed by atoms with Crippen LogP contribution in [0.15, 0.2) is 77.3 Å². The van der Waals surface area contributed by atoms with Crippen molar-refractivity contribution in [2.24, 2.45) is 0 Å². The molecule has 40 heavy (non-hydrogen) atoms. The molecule has 0 fully saturated rings. The van der Waals surface area contributed by atoms with Crippen LogP contribution in [0.5, 0.6) is 5.75 Å². The second kappa shape index (κ2) is 14.5. The third kappa shape index (κ3) is 8.71. The predicted octanol–water partition coefficient (Wildman–Crippen LogP) is 5.04. The van der Waals surface area contributed by atoms with E-state index in [4.69, 9.17) is 16.3 Å². The molecular formula is C29H33BrClN3O5S. The van der Waals surface area contributed by atoms with E-state index in [2.05, 4.69) is 21.2 Å². The summed E-state index contributed by atoms with van der Waals surface area (Å²) >= 11 is 9.70. The van der Waals surface area contributed by atoms with Crippen LogP contribution in [-0.4, -0.2) is 57.6 Å². The molecule has 214 valence electrons. The van der Waals surface area contributed by atoms with Gasteiger partial charge in [0.1, 0.15) is 18.3 Å². The van der Waals surface area contributed by atoms with Gasteiger partial charge in [0.25, 0.3) is 0 Å². The van der Waals surface area contributed by atoms with Crippen LogP contribution in [0.1, 0.15) is 24.5 Å². The highest BCUT2D eigenvalue weighted by molar-refractivity contribution is 9.10. The van der Waals surface area contributed by atoms with Gasteiger partial charge in [-0.1, -0.05) is 76.9 Å². The van der Waals surface area contributed by atoms with Crippen LogP contribution in [0.3, 0.4) is 0 Å². The van der Waals surface area contributed by atoms with E-state index in [1.807, 2.05) is 61.5 Å². The van der Waals surface area contributed by atoms with Crippen LogP contribution < -0.4 is 14.4 Å². The molecule has 0 aliphatic carbocycles. The lowest BCUT2D eigenvalue weighted by molar-refractivity contribution is -0.140. The summed E-state index contributed by atoms with van der Waals surface area (Å²) in [5.41, 5.74) is 1.87. The Balaban J connectivity index is 2.04. The fourth-order valence-corrected chi connectivity index (χ4v) is 5.49. The second-order valence-corrected chi connectivity index (χ2v) is 12.5. The van der Waals surface area contributed by atoms with Gasteiger partial charge in [0, 0.05) is 24.0 Å². The zero-order chi connectivity index (χ0) is 29.3. The topological polar surface area (TPSA) is 96.0 Å². The molecule has 3 aromatic rings. The van der Waals surface area contributed by atoms with Crippen LogP contribution in [-0.2, 0) is 32.6 Å². The van der Waals surface area contributed by atoms with Gasteiger partial charge in [0.15, 0.2) is 0 Å². The number of ether oxygens (including phenoxy) is 1. The zero-order valence-electron chi connectivity index (χ0n) is 22.6. The Morgan fingerprint density at radius 3 is 2.27 bits per heavy atom. The van der Waals surface area contributed by atoms with Crippen molar-refractivity contribution in [2.45, 2.75) is 32.4 Å². The van der Waals surface area contributed by atoms with Gasteiger partial charge in [-0.15, -0.1) is 0 Å². The number of carbonyl (C=O) groups is 2. The van der Waals surface area contributed by atoms with Crippen molar-refractivity contribution in [3.05, 3.63) is 93.4 Å². The number of anilines is 1. The Kier molecular flexibility index (Phi) is 11.4. The summed E-state index contributed by atoms with van der Waals surface area (Å²) in [6.07, 6.45) is 2.00. The summed E-state index contributed by atoms with van der Waals surface area (Å²) in [4.78, 5) is 29.0. The van der Waals surface area contributed by atoms with E-state index in [9.17, 15) is 18.0 Å². The Morgan fingerprint density at radius 2 is 1.70 bits per heavy atom. The van der Waals surface area contributed by atoms with E-state index in [0.29, 0.717) is 12.3 Å². The molecule has 0 saturated carbocycles. The van der Waals surface area contributed by atoms with Crippen LogP contribution >= 0.6 is 27.5 Å². The minimum atomic E-state index is -3.90. The molecule has 1 N–H and O–H groups in total. The van der Waals surface area contributed by atoms with E-state index in [0.717, 1.165) is 32.6 Å². The van der Waals surface area contributed by atoms with E-state index >= 15 is 0 Å². The molecular weight excluding hydrogens is 618 g/mol. The first kappa shape index (κ1) is 31.4. The molecule has 0 unspecified atom stereocenters. The van der Waals surface area contributed by atoms with Gasteiger partial charge in [-0.05, 0) is 47.9 Å². The lowest BCUT2D eigenvalue weighted by Gasteiger charge is -2.33. The van der Waals surface area contributed by atoms with E-state index < -0.39 is 28.5 Å². The maximum absolute atomic E-state index is 14.0. The molecule has 0 heterocycles. The first-order valence-electron chi connectivity index (χ1n) is 12.7. The zero-order valence-corrected chi connectivity index (χ0v) is 25.8. The van der Waals surface area contributed by atoms with Crippen LogP contribution in [0.2, 0.25) is 5.02 Å². The van der Waals surface area contributed by atoms with Gasteiger partial charge in [0.2, 0.25) is 21.8 Å². The van der Waals surface area contributed by atoms with Crippen molar-refractivity contribution in [3.8, 4) is 5.75 Å². The first-order chi connectivity index (χ1) is 19.0. The molecule has 0 aromatic heterocycles. The Morgan fingerprint density at radius 1 is 1.02 bits per heavy atom. The number of carbonyl (C=O) groups excluding carboxylic acids is 2. The summed E-state index contributed by atoms with van der Waals surface area (Å²) in [5, 5.41) is 3.12. The SMILES string of the molecule is CCCNC(=O)[C@H](Cc1ccccc1)N(Cc1ccc(Br)cc1)C(=O)CN(c1ccc(OC)c(Cl)c1)S(C)(=O)=O. The number of nitrogens with zero attached hydrogens (tertiary/aromatic N) is 2. The van der Waals surface area contributed by atoms with Crippen molar-refractivity contribution < 1.29 is 22.7 Å². The van der Waals surface area contributed by atoms with Gasteiger partial charge >= 0.3 is 0 Å². The molecule has 11 heteroatoms. The van der Waals surface area contributed by atoms with E-state index in [1.165, 1.54) is 30.2 Å². The van der Waals surface area contributed by atoms with Crippen molar-refractivity contribution in [2.75, 3.05) is 30.8 Å². The number of methoxy groups -OCH3 is 1. The fourth-order valence-electron chi connectivity index (χ4n) is 4.13. The van der Waals surface area contributed by atoms with E-state index in [-0.39, 0.29) is 29.6 Å². The van der Waals surface area contributed by atoms with Gasteiger partial charge in [-0.3, -0.25) is 13.9 Å². The van der Waals surface area contributed by atoms with Crippen molar-refractivity contribution in [3.63, 3.8) is 0 Å². The van der Waals surface area contributed by atoms with Gasteiger partial charge in [-0.2, -0.15) is 0 Å². The number of nitrogens with one attached hydrogen (secondary N) is 1. The van der Waals surface area contributed by atoms with Crippen LogP contribution in [0.25, 0.3) is 0 Å². The highest BCUT2D eigenvalue weighted by atomic mass is 79.9. The number of hydrogen-bond acceptors (Lipinski definition) is 5. The van der Waals surface area contributed by atoms with Crippen LogP contribution in [0, 0.1) is 0 Å². The summed E-state index contributed by atoms with van der Waals surface area (Å²) in [6.45, 7) is 1.97. The minimum absolute atomic E-state index is 0.101. The first-order valence-corrected chi connectivity index (χ1v) is 15.7. The number of rotatable bonds is 13. The maximum atomic E-state index is 14.0. The Hall–Kier alpha value is -3.08. The maximum Gasteiger partial charge on any atom is 0.244 e.